The second-order valence-electron chi connectivity index (χ2n) is 7.23. The number of nitrogens with zero attached hydrogens (tertiary/aromatic N) is 4. The number of amides is 1. The zero-order chi connectivity index (χ0) is 18.1. The number of benzene rings is 1. The summed E-state index contributed by atoms with van der Waals surface area (Å²) in [5.74, 6) is 1.01. The van der Waals surface area contributed by atoms with Gasteiger partial charge in [0.05, 0.1) is 5.69 Å². The molecule has 1 heterocycles. The average molecular weight is 342 g/mol. The summed E-state index contributed by atoms with van der Waals surface area (Å²) in [5, 5.41) is 4.51. The molecule has 1 fully saturated rings. The average Bonchev–Trinajstić information content (AvgIpc) is 3.33. The summed E-state index contributed by atoms with van der Waals surface area (Å²) >= 11 is 0. The highest BCUT2D eigenvalue weighted by Crippen LogP contribution is 2.39. The summed E-state index contributed by atoms with van der Waals surface area (Å²) < 4.78 is 2.97. The van der Waals surface area contributed by atoms with Crippen molar-refractivity contribution < 1.29 is 4.79 Å². The lowest BCUT2D eigenvalue weighted by Crippen LogP contribution is -2.45. The van der Waals surface area contributed by atoms with Gasteiger partial charge in [0.25, 0.3) is 0 Å². The van der Waals surface area contributed by atoms with Gasteiger partial charge in [-0.1, -0.05) is 18.2 Å². The Labute approximate surface area is 148 Å². The zero-order valence-corrected chi connectivity index (χ0v) is 15.3. The summed E-state index contributed by atoms with van der Waals surface area (Å²) in [7, 11) is 0. The largest absolute Gasteiger partial charge is 0.351 e. The molecule has 134 valence electrons. The van der Waals surface area contributed by atoms with Crippen LogP contribution in [0.2, 0.25) is 0 Å². The molecule has 1 amide bonds. The highest BCUT2D eigenvalue weighted by atomic mass is 16.2. The molecule has 1 saturated carbocycles. The molecule has 2 aromatic rings. The first kappa shape index (κ1) is 17.5. The maximum atomic E-state index is 12.9. The number of carbonyl (C=O) groups excluding carboxylic acids is 1. The summed E-state index contributed by atoms with van der Waals surface area (Å²) in [6.45, 7) is 7.92. The first-order chi connectivity index (χ1) is 11.9. The molecule has 25 heavy (non-hydrogen) atoms. The van der Waals surface area contributed by atoms with Gasteiger partial charge in [0, 0.05) is 18.0 Å². The van der Waals surface area contributed by atoms with Crippen molar-refractivity contribution >= 4 is 5.91 Å². The summed E-state index contributed by atoms with van der Waals surface area (Å²) in [5.41, 5.74) is 0.562. The van der Waals surface area contributed by atoms with Crippen LogP contribution in [-0.2, 0) is 11.3 Å². The molecule has 0 bridgehead atoms. The van der Waals surface area contributed by atoms with E-state index < -0.39 is 0 Å². The molecule has 0 spiro atoms. The van der Waals surface area contributed by atoms with Crippen LogP contribution in [0.5, 0.6) is 0 Å². The van der Waals surface area contributed by atoms with Crippen LogP contribution in [0.15, 0.2) is 35.1 Å². The molecule has 0 atom stereocenters. The van der Waals surface area contributed by atoms with Gasteiger partial charge in [-0.2, -0.15) is 5.10 Å². The van der Waals surface area contributed by atoms with Crippen LogP contribution in [0.3, 0.4) is 0 Å². The van der Waals surface area contributed by atoms with Crippen LogP contribution < -0.4 is 5.69 Å². The SMILES string of the molecule is CC(C)N(C(=O)Cn1nc(C2CC2)n(-c2ccccc2)c1=O)C(C)C. The summed E-state index contributed by atoms with van der Waals surface area (Å²) in [4.78, 5) is 27.4. The van der Waals surface area contributed by atoms with Gasteiger partial charge in [-0.25, -0.2) is 14.0 Å². The van der Waals surface area contributed by atoms with E-state index in [1.54, 1.807) is 9.47 Å². The predicted molar refractivity (Wildman–Crippen MR) is 96.9 cm³/mol. The zero-order valence-electron chi connectivity index (χ0n) is 15.3. The van der Waals surface area contributed by atoms with Crippen LogP contribution in [-0.4, -0.2) is 37.2 Å². The van der Waals surface area contributed by atoms with Gasteiger partial charge in [0.2, 0.25) is 5.91 Å². The van der Waals surface area contributed by atoms with E-state index in [9.17, 15) is 9.59 Å². The molecule has 1 aliphatic carbocycles. The van der Waals surface area contributed by atoms with Gasteiger partial charge in [0.1, 0.15) is 12.4 Å². The van der Waals surface area contributed by atoms with E-state index in [1.807, 2.05) is 58.0 Å². The minimum Gasteiger partial charge on any atom is -0.336 e. The first-order valence-corrected chi connectivity index (χ1v) is 8.96. The molecule has 3 rings (SSSR count). The van der Waals surface area contributed by atoms with E-state index in [1.165, 1.54) is 4.68 Å². The Morgan fingerprint density at radius 3 is 2.28 bits per heavy atom. The molecule has 0 radical (unpaired) electrons. The maximum absolute atomic E-state index is 12.9. The van der Waals surface area contributed by atoms with Crippen LogP contribution in [0.25, 0.3) is 5.69 Å². The molecule has 0 N–H and O–H groups in total. The van der Waals surface area contributed by atoms with Gasteiger partial charge < -0.3 is 4.90 Å². The van der Waals surface area contributed by atoms with E-state index in [-0.39, 0.29) is 30.2 Å². The van der Waals surface area contributed by atoms with Crippen LogP contribution in [0.4, 0.5) is 0 Å². The van der Waals surface area contributed by atoms with Crippen LogP contribution in [0.1, 0.15) is 52.3 Å². The molecule has 1 aromatic heterocycles. The maximum Gasteiger partial charge on any atom is 0.351 e. The fourth-order valence-corrected chi connectivity index (χ4v) is 3.34. The van der Waals surface area contributed by atoms with Gasteiger partial charge in [-0.15, -0.1) is 0 Å². The highest BCUT2D eigenvalue weighted by Gasteiger charge is 2.32. The number of hydrogen-bond acceptors (Lipinski definition) is 3. The third-order valence-corrected chi connectivity index (χ3v) is 4.51. The van der Waals surface area contributed by atoms with E-state index >= 15 is 0 Å². The predicted octanol–water partition coefficient (Wildman–Crippen LogP) is 2.56. The lowest BCUT2D eigenvalue weighted by molar-refractivity contribution is -0.135. The Hall–Kier alpha value is -2.37. The summed E-state index contributed by atoms with van der Waals surface area (Å²) in [6.07, 6.45) is 2.09. The Kier molecular flexibility index (Phi) is 4.79. The van der Waals surface area contributed by atoms with Gasteiger partial charge >= 0.3 is 5.69 Å². The second kappa shape index (κ2) is 6.86. The Morgan fingerprint density at radius 1 is 1.16 bits per heavy atom. The van der Waals surface area contributed by atoms with Gasteiger partial charge in [0.15, 0.2) is 0 Å². The molecule has 0 aliphatic heterocycles. The van der Waals surface area contributed by atoms with Gasteiger partial charge in [-0.05, 0) is 52.7 Å². The molecular weight excluding hydrogens is 316 g/mol. The first-order valence-electron chi connectivity index (χ1n) is 8.96. The fraction of sp³-hybridized carbons (Fsp3) is 0.526. The molecule has 1 aliphatic rings. The van der Waals surface area contributed by atoms with Crippen molar-refractivity contribution in [2.24, 2.45) is 0 Å². The van der Waals surface area contributed by atoms with E-state index in [2.05, 4.69) is 5.10 Å². The molecule has 6 heteroatoms. The number of rotatable bonds is 6. The molecule has 1 aromatic carbocycles. The van der Waals surface area contributed by atoms with Crippen molar-refractivity contribution in [2.45, 2.75) is 65.1 Å². The van der Waals surface area contributed by atoms with Crippen LogP contribution >= 0.6 is 0 Å². The number of carbonyl (C=O) groups is 1. The van der Waals surface area contributed by atoms with E-state index in [0.717, 1.165) is 24.4 Å². The lowest BCUT2D eigenvalue weighted by Gasteiger charge is -2.30. The van der Waals surface area contributed by atoms with Crippen molar-refractivity contribution in [1.82, 2.24) is 19.2 Å². The number of aromatic nitrogens is 3. The third-order valence-electron chi connectivity index (χ3n) is 4.51. The second-order valence-corrected chi connectivity index (χ2v) is 7.23. The molecule has 0 saturated heterocycles. The molecule has 6 nitrogen and oxygen atoms in total. The Bertz CT molecular complexity index is 793. The summed E-state index contributed by atoms with van der Waals surface area (Å²) in [6, 6.07) is 9.69. The van der Waals surface area contributed by atoms with E-state index in [0.29, 0.717) is 5.92 Å². The van der Waals surface area contributed by atoms with Crippen LogP contribution in [0, 0.1) is 0 Å². The molecule has 0 unspecified atom stereocenters. The topological polar surface area (TPSA) is 60.1 Å². The highest BCUT2D eigenvalue weighted by molar-refractivity contribution is 5.76. The van der Waals surface area contributed by atoms with E-state index in [4.69, 9.17) is 0 Å². The molecular formula is C19H26N4O2. The fourth-order valence-electron chi connectivity index (χ4n) is 3.34. The van der Waals surface area contributed by atoms with Crippen molar-refractivity contribution in [3.05, 3.63) is 46.6 Å². The third kappa shape index (κ3) is 3.52. The number of para-hydroxylation sites is 1. The smallest absolute Gasteiger partial charge is 0.336 e. The van der Waals surface area contributed by atoms with Gasteiger partial charge in [-0.3, -0.25) is 4.79 Å². The van der Waals surface area contributed by atoms with Crippen molar-refractivity contribution in [1.29, 1.82) is 0 Å². The normalized spacial score (nSPS) is 14.3. The van der Waals surface area contributed by atoms with Crippen molar-refractivity contribution in [3.63, 3.8) is 0 Å². The van der Waals surface area contributed by atoms with Crippen molar-refractivity contribution in [3.8, 4) is 5.69 Å². The lowest BCUT2D eigenvalue weighted by atomic mass is 10.2. The van der Waals surface area contributed by atoms with Crippen molar-refractivity contribution in [2.75, 3.05) is 0 Å². The number of hydrogen-bond donors (Lipinski definition) is 0. The monoisotopic (exact) mass is 342 g/mol. The standard InChI is InChI=1S/C19H26N4O2/c1-13(2)22(14(3)4)17(24)12-21-19(25)23(16-8-6-5-7-9-16)18(20-21)15-10-11-15/h5-9,13-15H,10-12H2,1-4H3. The quantitative estimate of drug-likeness (QED) is 0.810. The minimum atomic E-state index is -0.242. The Morgan fingerprint density at radius 2 is 1.76 bits per heavy atom. The minimum absolute atomic E-state index is 0.0191. The Balaban J connectivity index is 1.96.